The zero-order valence-electron chi connectivity index (χ0n) is 18.6. The minimum Gasteiger partial charge on any atom is -0.454 e. The zero-order valence-corrected chi connectivity index (χ0v) is 21.0. The molecule has 0 spiro atoms. The molecule has 12 heteroatoms. The number of nitrogens with zero attached hydrogens (tertiary/aromatic N) is 5. The van der Waals surface area contributed by atoms with E-state index in [9.17, 15) is 9.90 Å². The van der Waals surface area contributed by atoms with Crippen molar-refractivity contribution in [1.82, 2.24) is 24.4 Å². The molecule has 2 aliphatic rings. The number of amides is 1. The van der Waals surface area contributed by atoms with Gasteiger partial charge < -0.3 is 29.8 Å². The summed E-state index contributed by atoms with van der Waals surface area (Å²) in [5.41, 5.74) is 7.30. The Hall–Kier alpha value is -2.57. The van der Waals surface area contributed by atoms with E-state index in [-0.39, 0.29) is 18.7 Å². The van der Waals surface area contributed by atoms with Crippen LogP contribution in [-0.2, 0) is 11.3 Å². The second-order valence-corrected chi connectivity index (χ2v) is 10.2. The second-order valence-electron chi connectivity index (χ2n) is 8.36. The van der Waals surface area contributed by atoms with Crippen molar-refractivity contribution in [2.75, 3.05) is 19.1 Å². The fraction of sp³-hybridized carbons (Fsp3) is 0.455. The highest BCUT2D eigenvalue weighted by Gasteiger charge is 2.29. The number of aryl methyl sites for hydroxylation is 1. The van der Waals surface area contributed by atoms with E-state index in [1.54, 1.807) is 0 Å². The summed E-state index contributed by atoms with van der Waals surface area (Å²) in [5.74, 6) is 1.48. The van der Waals surface area contributed by atoms with Crippen LogP contribution in [0.5, 0.6) is 11.5 Å². The number of aliphatic hydroxyl groups is 1. The Morgan fingerprint density at radius 3 is 2.91 bits per heavy atom. The second kappa shape index (κ2) is 9.59. The number of hydrogen-bond donors (Lipinski definition) is 2. The molecule has 0 aliphatic carbocycles. The summed E-state index contributed by atoms with van der Waals surface area (Å²) in [6.45, 7) is 2.98. The lowest BCUT2D eigenvalue weighted by atomic mass is 9.98. The Balaban J connectivity index is 1.45. The zero-order chi connectivity index (χ0) is 23.8. The quantitative estimate of drug-likeness (QED) is 0.476. The summed E-state index contributed by atoms with van der Waals surface area (Å²) in [5, 5.41) is 10.6. The number of nitrogens with two attached hydrogens (primary N) is 1. The summed E-state index contributed by atoms with van der Waals surface area (Å²) >= 11 is 5.08. The molecule has 4 heterocycles. The highest BCUT2D eigenvalue weighted by Crippen LogP contribution is 2.43. The van der Waals surface area contributed by atoms with Crippen molar-refractivity contribution in [1.29, 1.82) is 0 Å². The molecule has 2 atom stereocenters. The van der Waals surface area contributed by atoms with Crippen LogP contribution in [0.3, 0.4) is 0 Å². The van der Waals surface area contributed by atoms with Crippen molar-refractivity contribution in [3.63, 3.8) is 0 Å². The van der Waals surface area contributed by atoms with Gasteiger partial charge in [-0.25, -0.2) is 15.0 Å². The number of hydrogen-bond acceptors (Lipinski definition) is 9. The molecular formula is C22H25BrN6O4S. The van der Waals surface area contributed by atoms with Crippen molar-refractivity contribution in [3.05, 3.63) is 22.9 Å². The number of fused-ring (bicyclic) bond motifs is 2. The first-order valence-electron chi connectivity index (χ1n) is 11.1. The maximum atomic E-state index is 12.6. The standard InChI is InChI=1S/C22H25BrN6O4S/c1-12(30)21(31)28-6-3-2-4-13(28)5-7-29-20-18(19(24)25-10-26-20)27-22(29)34-17-9-16-15(8-14(17)23)32-11-33-16/h8-10,12-13,30H,2-7,11H2,1H3,(H2,24,25,26)/t12-,13+/m0/s1. The van der Waals surface area contributed by atoms with Crippen LogP contribution in [-0.4, -0.2) is 60.9 Å². The monoisotopic (exact) mass is 548 g/mol. The van der Waals surface area contributed by atoms with Crippen LogP contribution in [0.15, 0.2) is 33.0 Å². The fourth-order valence-corrected chi connectivity index (χ4v) is 5.91. The van der Waals surface area contributed by atoms with E-state index >= 15 is 0 Å². The Morgan fingerprint density at radius 2 is 2.12 bits per heavy atom. The lowest BCUT2D eigenvalue weighted by Gasteiger charge is -2.36. The first kappa shape index (κ1) is 23.2. The van der Waals surface area contributed by atoms with Gasteiger partial charge in [0, 0.05) is 28.5 Å². The lowest BCUT2D eigenvalue weighted by Crippen LogP contribution is -2.47. The molecule has 5 rings (SSSR count). The van der Waals surface area contributed by atoms with Crippen molar-refractivity contribution in [3.8, 4) is 11.5 Å². The number of aliphatic hydroxyl groups excluding tert-OH is 1. The third-order valence-corrected chi connectivity index (χ3v) is 8.08. The fourth-order valence-electron chi connectivity index (χ4n) is 4.40. The minimum atomic E-state index is -1.00. The summed E-state index contributed by atoms with van der Waals surface area (Å²) in [6, 6.07) is 3.84. The van der Waals surface area contributed by atoms with Gasteiger partial charge in [-0.3, -0.25) is 4.79 Å². The van der Waals surface area contributed by atoms with E-state index in [4.69, 9.17) is 20.2 Å². The average molecular weight is 549 g/mol. The van der Waals surface area contributed by atoms with Crippen LogP contribution >= 0.6 is 27.7 Å². The van der Waals surface area contributed by atoms with Gasteiger partial charge in [0.25, 0.3) is 5.91 Å². The molecule has 1 amide bonds. The topological polar surface area (TPSA) is 129 Å². The number of imidazole rings is 1. The van der Waals surface area contributed by atoms with Crippen LogP contribution in [0, 0.1) is 0 Å². The summed E-state index contributed by atoms with van der Waals surface area (Å²) in [4.78, 5) is 28.6. The maximum absolute atomic E-state index is 12.6. The molecule has 1 fully saturated rings. The van der Waals surface area contributed by atoms with Gasteiger partial charge in [0.15, 0.2) is 33.6 Å². The van der Waals surface area contributed by atoms with Gasteiger partial charge in [-0.15, -0.1) is 0 Å². The van der Waals surface area contributed by atoms with Gasteiger partial charge in [0.1, 0.15) is 12.4 Å². The molecule has 10 nitrogen and oxygen atoms in total. The van der Waals surface area contributed by atoms with Crippen molar-refractivity contribution in [2.24, 2.45) is 0 Å². The number of nitrogen functional groups attached to an aromatic ring is 1. The normalized spacial score (nSPS) is 18.4. The molecule has 1 aromatic carbocycles. The SMILES string of the molecule is C[C@H](O)C(=O)N1CCCC[C@@H]1CCn1c(Sc2cc3c(cc2Br)OCO3)nc2c(N)ncnc21. The molecule has 180 valence electrons. The molecule has 2 aromatic heterocycles. The molecular weight excluding hydrogens is 524 g/mol. The number of carbonyl (C=O) groups is 1. The van der Waals surface area contributed by atoms with E-state index in [1.165, 1.54) is 25.0 Å². The molecule has 34 heavy (non-hydrogen) atoms. The third kappa shape index (κ3) is 4.41. The van der Waals surface area contributed by atoms with Crippen LogP contribution < -0.4 is 15.2 Å². The molecule has 2 aliphatic heterocycles. The van der Waals surface area contributed by atoms with Gasteiger partial charge >= 0.3 is 0 Å². The molecule has 3 aromatic rings. The van der Waals surface area contributed by atoms with Gasteiger partial charge in [0.2, 0.25) is 6.79 Å². The van der Waals surface area contributed by atoms with Crippen LogP contribution in [0.1, 0.15) is 32.6 Å². The maximum Gasteiger partial charge on any atom is 0.251 e. The van der Waals surface area contributed by atoms with E-state index in [2.05, 4.69) is 25.9 Å². The first-order valence-corrected chi connectivity index (χ1v) is 12.8. The summed E-state index contributed by atoms with van der Waals surface area (Å²) < 4.78 is 13.9. The molecule has 0 saturated carbocycles. The van der Waals surface area contributed by atoms with E-state index in [1.807, 2.05) is 21.6 Å². The lowest BCUT2D eigenvalue weighted by molar-refractivity contribution is -0.143. The Bertz CT molecular complexity index is 1240. The molecule has 1 saturated heterocycles. The number of rotatable bonds is 6. The van der Waals surface area contributed by atoms with Crippen molar-refractivity contribution < 1.29 is 19.4 Å². The largest absolute Gasteiger partial charge is 0.454 e. The van der Waals surface area contributed by atoms with Crippen LogP contribution in [0.4, 0.5) is 5.82 Å². The number of carbonyl (C=O) groups excluding carboxylic acids is 1. The average Bonchev–Trinajstić information content (AvgIpc) is 3.42. The van der Waals surface area contributed by atoms with Gasteiger partial charge in [0.05, 0.1) is 0 Å². The van der Waals surface area contributed by atoms with Crippen LogP contribution in [0.25, 0.3) is 11.2 Å². The number of piperidine rings is 1. The highest BCUT2D eigenvalue weighted by molar-refractivity contribution is 9.10. The van der Waals surface area contributed by atoms with Crippen LogP contribution in [0.2, 0.25) is 0 Å². The van der Waals surface area contributed by atoms with E-state index in [0.29, 0.717) is 53.1 Å². The summed E-state index contributed by atoms with van der Waals surface area (Å²) in [6.07, 6.45) is 4.05. The Labute approximate surface area is 209 Å². The molecule has 0 bridgehead atoms. The van der Waals surface area contributed by atoms with E-state index in [0.717, 1.165) is 28.6 Å². The third-order valence-electron chi connectivity index (χ3n) is 6.11. The Morgan fingerprint density at radius 1 is 1.32 bits per heavy atom. The number of likely N-dealkylation sites (tertiary alicyclic amines) is 1. The van der Waals surface area contributed by atoms with Crippen molar-refractivity contribution >= 4 is 50.6 Å². The molecule has 0 unspecified atom stereocenters. The number of aromatic nitrogens is 4. The summed E-state index contributed by atoms with van der Waals surface area (Å²) in [7, 11) is 0. The Kier molecular flexibility index (Phi) is 6.54. The van der Waals surface area contributed by atoms with Crippen molar-refractivity contribution in [2.45, 2.75) is 61.3 Å². The van der Waals surface area contributed by atoms with Gasteiger partial charge in [-0.2, -0.15) is 0 Å². The minimum absolute atomic E-state index is 0.0441. The predicted molar refractivity (Wildman–Crippen MR) is 130 cm³/mol. The molecule has 0 radical (unpaired) electrons. The predicted octanol–water partition coefficient (Wildman–Crippen LogP) is 3.20. The number of anilines is 1. The smallest absolute Gasteiger partial charge is 0.251 e. The van der Waals surface area contributed by atoms with Gasteiger partial charge in [-0.05, 0) is 60.7 Å². The van der Waals surface area contributed by atoms with E-state index < -0.39 is 6.10 Å². The number of halogens is 1. The number of benzene rings is 1. The number of ether oxygens (including phenoxy) is 2. The molecule has 3 N–H and O–H groups in total. The van der Waals surface area contributed by atoms with Gasteiger partial charge in [-0.1, -0.05) is 11.8 Å². The first-order chi connectivity index (χ1) is 16.4. The highest BCUT2D eigenvalue weighted by atomic mass is 79.9.